The van der Waals surface area contributed by atoms with Gasteiger partial charge in [-0.25, -0.2) is 19.6 Å². The van der Waals surface area contributed by atoms with E-state index in [0.717, 1.165) is 5.56 Å². The number of guanidine groups is 1. The number of aliphatic imine (C=N–C) groups is 1. The van der Waals surface area contributed by atoms with E-state index in [2.05, 4.69) is 25.0 Å². The molecule has 2 aromatic rings. The van der Waals surface area contributed by atoms with Gasteiger partial charge in [-0.1, -0.05) is 23.7 Å². The highest BCUT2D eigenvalue weighted by Crippen LogP contribution is 2.17. The van der Waals surface area contributed by atoms with E-state index >= 15 is 0 Å². The van der Waals surface area contributed by atoms with E-state index in [1.807, 2.05) is 0 Å². The van der Waals surface area contributed by atoms with Crippen molar-refractivity contribution in [1.29, 1.82) is 0 Å². The summed E-state index contributed by atoms with van der Waals surface area (Å²) in [5, 5.41) is 2.44. The predicted octanol–water partition coefficient (Wildman–Crippen LogP) is -0.294. The predicted molar refractivity (Wildman–Crippen MR) is 118 cm³/mol. The van der Waals surface area contributed by atoms with Crippen LogP contribution in [-0.4, -0.2) is 58.9 Å². The smallest absolute Gasteiger partial charge is 0.341 e. The number of primary amides is 1. The summed E-state index contributed by atoms with van der Waals surface area (Å²) in [6.45, 7) is 0.413. The van der Waals surface area contributed by atoms with Gasteiger partial charge in [-0.15, -0.1) is 0 Å². The van der Waals surface area contributed by atoms with E-state index in [4.69, 9.17) is 34.5 Å². The van der Waals surface area contributed by atoms with Gasteiger partial charge in [-0.3, -0.25) is 4.79 Å². The number of halogens is 1. The lowest BCUT2D eigenvalue weighted by molar-refractivity contribution is 0.0600. The summed E-state index contributed by atoms with van der Waals surface area (Å²) in [6, 6.07) is 5.55. The number of aromatic nitrogens is 2. The molecular formula is C18H22ClN9O4. The SMILES string of the molecule is COC(=O)c1ccc(CN(CCNC(=O)c2nc(Cl)c(N)nc2N)C(N)=NC(N)=O)cc1. The molecule has 0 aliphatic heterocycles. The first-order valence-corrected chi connectivity index (χ1v) is 9.42. The Labute approximate surface area is 187 Å². The van der Waals surface area contributed by atoms with E-state index in [9.17, 15) is 14.4 Å². The van der Waals surface area contributed by atoms with E-state index in [1.54, 1.807) is 24.3 Å². The van der Waals surface area contributed by atoms with Gasteiger partial charge in [0.25, 0.3) is 5.91 Å². The topological polar surface area (TPSA) is 218 Å². The van der Waals surface area contributed by atoms with E-state index in [1.165, 1.54) is 12.0 Å². The minimum absolute atomic E-state index is 0.0666. The highest BCUT2D eigenvalue weighted by Gasteiger charge is 2.17. The fraction of sp³-hybridized carbons (Fsp3) is 0.222. The third-order valence-electron chi connectivity index (χ3n) is 4.08. The number of rotatable bonds is 7. The second-order valence-electron chi connectivity index (χ2n) is 6.31. The normalized spacial score (nSPS) is 11.0. The minimum atomic E-state index is -0.975. The van der Waals surface area contributed by atoms with Crippen molar-refractivity contribution >= 4 is 47.1 Å². The monoisotopic (exact) mass is 463 g/mol. The quantitative estimate of drug-likeness (QED) is 0.205. The number of nitrogens with two attached hydrogens (primary N) is 4. The Kier molecular flexibility index (Phi) is 8.12. The highest BCUT2D eigenvalue weighted by molar-refractivity contribution is 6.31. The standard InChI is InChI=1S/C18H22ClN9O4/c1-32-16(30)10-4-2-9(3-5-10)8-28(17(22)27-18(23)31)7-6-24-15(29)11-13(20)26-14(21)12(19)25-11/h2-5H,6-8H2,1H3,(H,24,29)(H4,20,21,26)(H4,22,23,27,31). The molecule has 13 nitrogen and oxygen atoms in total. The minimum Gasteiger partial charge on any atom is -0.465 e. The molecule has 0 saturated carbocycles. The zero-order valence-corrected chi connectivity index (χ0v) is 17.8. The lowest BCUT2D eigenvalue weighted by Gasteiger charge is -2.23. The Morgan fingerprint density at radius 2 is 1.78 bits per heavy atom. The Morgan fingerprint density at radius 3 is 2.38 bits per heavy atom. The van der Waals surface area contributed by atoms with Gasteiger partial charge in [0.1, 0.15) is 0 Å². The van der Waals surface area contributed by atoms with Crippen molar-refractivity contribution in [3.05, 3.63) is 46.2 Å². The van der Waals surface area contributed by atoms with Gasteiger partial charge >= 0.3 is 12.0 Å². The first-order valence-electron chi connectivity index (χ1n) is 9.04. The van der Waals surface area contributed by atoms with Crippen LogP contribution in [0.3, 0.4) is 0 Å². The summed E-state index contributed by atoms with van der Waals surface area (Å²) in [7, 11) is 1.28. The maximum atomic E-state index is 12.4. The molecule has 0 fully saturated rings. The maximum absolute atomic E-state index is 12.4. The van der Waals surface area contributed by atoms with Gasteiger partial charge in [0.15, 0.2) is 22.5 Å². The summed E-state index contributed by atoms with van der Waals surface area (Å²) >= 11 is 5.79. The number of methoxy groups -OCH3 is 1. The summed E-state index contributed by atoms with van der Waals surface area (Å²) in [6.07, 6.45) is 0. The van der Waals surface area contributed by atoms with Gasteiger partial charge in [0, 0.05) is 19.6 Å². The zero-order chi connectivity index (χ0) is 23.8. The number of anilines is 2. The fourth-order valence-electron chi connectivity index (χ4n) is 2.54. The van der Waals surface area contributed by atoms with Crippen molar-refractivity contribution in [1.82, 2.24) is 20.2 Å². The molecule has 0 aliphatic rings. The first kappa shape index (κ1) is 24.1. The molecule has 0 atom stereocenters. The Bertz CT molecular complexity index is 1040. The number of nitrogens with one attached hydrogen (secondary N) is 1. The van der Waals surface area contributed by atoms with Gasteiger partial charge in [0.05, 0.1) is 12.7 Å². The van der Waals surface area contributed by atoms with Crippen LogP contribution in [-0.2, 0) is 11.3 Å². The molecule has 0 saturated heterocycles. The molecule has 0 spiro atoms. The molecule has 32 heavy (non-hydrogen) atoms. The van der Waals surface area contributed by atoms with Crippen molar-refractivity contribution in [2.75, 3.05) is 31.7 Å². The van der Waals surface area contributed by atoms with Crippen LogP contribution in [0.2, 0.25) is 5.15 Å². The molecule has 9 N–H and O–H groups in total. The van der Waals surface area contributed by atoms with Gasteiger partial charge in [0.2, 0.25) is 5.96 Å². The van der Waals surface area contributed by atoms with E-state index in [-0.39, 0.29) is 48.1 Å². The highest BCUT2D eigenvalue weighted by atomic mass is 35.5. The molecule has 170 valence electrons. The zero-order valence-electron chi connectivity index (χ0n) is 17.0. The Morgan fingerprint density at radius 1 is 1.12 bits per heavy atom. The summed E-state index contributed by atoms with van der Waals surface area (Å²) < 4.78 is 4.66. The third-order valence-corrected chi connectivity index (χ3v) is 4.36. The van der Waals surface area contributed by atoms with Gasteiger partial charge in [-0.05, 0) is 17.7 Å². The van der Waals surface area contributed by atoms with Crippen LogP contribution in [0.5, 0.6) is 0 Å². The number of carbonyl (C=O) groups excluding carboxylic acids is 3. The molecule has 2 rings (SSSR count). The second kappa shape index (κ2) is 10.8. The largest absolute Gasteiger partial charge is 0.465 e. The van der Waals surface area contributed by atoms with Crippen LogP contribution >= 0.6 is 11.6 Å². The lowest BCUT2D eigenvalue weighted by Crippen LogP contribution is -2.43. The number of hydrogen-bond acceptors (Lipinski definition) is 8. The third kappa shape index (κ3) is 6.43. The average molecular weight is 464 g/mol. The van der Waals surface area contributed by atoms with Crippen molar-refractivity contribution in [2.24, 2.45) is 16.5 Å². The number of benzene rings is 1. The van der Waals surface area contributed by atoms with E-state index in [0.29, 0.717) is 5.56 Å². The molecule has 14 heteroatoms. The van der Waals surface area contributed by atoms with Gasteiger partial charge in [-0.2, -0.15) is 4.99 Å². The number of urea groups is 1. The molecular weight excluding hydrogens is 442 g/mol. The van der Waals surface area contributed by atoms with Crippen molar-refractivity contribution in [3.8, 4) is 0 Å². The summed E-state index contributed by atoms with van der Waals surface area (Å²) in [5.41, 5.74) is 23.0. The van der Waals surface area contributed by atoms with Crippen LogP contribution in [0.15, 0.2) is 29.3 Å². The number of carbonyl (C=O) groups is 3. The molecule has 0 radical (unpaired) electrons. The summed E-state index contributed by atoms with van der Waals surface area (Å²) in [5.74, 6) is -1.54. The van der Waals surface area contributed by atoms with Gasteiger partial charge < -0.3 is 37.9 Å². The maximum Gasteiger partial charge on any atom is 0.341 e. The van der Waals surface area contributed by atoms with Crippen LogP contribution in [0, 0.1) is 0 Å². The van der Waals surface area contributed by atoms with Crippen LogP contribution in [0.25, 0.3) is 0 Å². The fourth-order valence-corrected chi connectivity index (χ4v) is 2.67. The number of amides is 3. The molecule has 0 aliphatic carbocycles. The van der Waals surface area contributed by atoms with Crippen molar-refractivity contribution in [2.45, 2.75) is 6.54 Å². The molecule has 1 aromatic carbocycles. The number of nitrogen functional groups attached to an aromatic ring is 2. The van der Waals surface area contributed by atoms with Crippen LogP contribution in [0.4, 0.5) is 16.4 Å². The van der Waals surface area contributed by atoms with Crippen molar-refractivity contribution < 1.29 is 19.1 Å². The molecule has 0 bridgehead atoms. The lowest BCUT2D eigenvalue weighted by atomic mass is 10.1. The molecule has 1 aromatic heterocycles. The average Bonchev–Trinajstić information content (AvgIpc) is 2.74. The molecule has 1 heterocycles. The first-order chi connectivity index (χ1) is 15.1. The number of ether oxygens (including phenoxy) is 1. The van der Waals surface area contributed by atoms with E-state index < -0.39 is 17.9 Å². The molecule has 3 amide bonds. The number of hydrogen-bond donors (Lipinski definition) is 5. The Balaban J connectivity index is 2.09. The number of esters is 1. The summed E-state index contributed by atoms with van der Waals surface area (Å²) in [4.78, 5) is 47.7. The second-order valence-corrected chi connectivity index (χ2v) is 6.67. The van der Waals surface area contributed by atoms with Crippen LogP contribution in [0.1, 0.15) is 26.4 Å². The molecule has 0 unspecified atom stereocenters. The number of nitrogens with zero attached hydrogens (tertiary/aromatic N) is 4. The van der Waals surface area contributed by atoms with Crippen LogP contribution < -0.4 is 28.3 Å². The van der Waals surface area contributed by atoms with Crippen molar-refractivity contribution in [3.63, 3.8) is 0 Å². The Hall–Kier alpha value is -4.13.